The predicted molar refractivity (Wildman–Crippen MR) is 189 cm³/mol. The van der Waals surface area contributed by atoms with Crippen LogP contribution >= 0.6 is 0 Å². The second-order valence-electron chi connectivity index (χ2n) is 13.3. The summed E-state index contributed by atoms with van der Waals surface area (Å²) in [6.07, 6.45) is -2.20. The molecule has 0 bridgehead atoms. The average Bonchev–Trinajstić information content (AvgIpc) is 3.68. The summed E-state index contributed by atoms with van der Waals surface area (Å²) in [5, 5.41) is 84.7. The highest BCUT2D eigenvalue weighted by molar-refractivity contribution is 5.60. The molecule has 2 aliphatic rings. The maximum Gasteiger partial charge on any atom is 0.135 e. The van der Waals surface area contributed by atoms with Crippen LogP contribution in [0.25, 0.3) is 0 Å². The lowest BCUT2D eigenvalue weighted by atomic mass is 9.71. The first kappa shape index (κ1) is 32.7. The molecule has 0 saturated carbocycles. The Bertz CT molecular complexity index is 2230. The lowest BCUT2D eigenvalue weighted by molar-refractivity contribution is 0.0366. The van der Waals surface area contributed by atoms with Crippen LogP contribution in [0.4, 0.5) is 0 Å². The number of benzene rings is 6. The minimum Gasteiger partial charge on any atom is -0.508 e. The second-order valence-corrected chi connectivity index (χ2v) is 13.3. The van der Waals surface area contributed by atoms with Crippen molar-refractivity contribution in [1.82, 2.24) is 0 Å². The van der Waals surface area contributed by atoms with E-state index in [4.69, 9.17) is 9.47 Å². The molecule has 0 aliphatic carbocycles. The molecular formula is C42H34O10. The highest BCUT2D eigenvalue weighted by atomic mass is 16.5. The van der Waals surface area contributed by atoms with E-state index in [1.165, 1.54) is 30.3 Å². The van der Waals surface area contributed by atoms with Crippen LogP contribution in [-0.4, -0.2) is 40.9 Å². The number of rotatable bonds is 6. The summed E-state index contributed by atoms with van der Waals surface area (Å²) in [5.41, 5.74) is 4.34. The largest absolute Gasteiger partial charge is 0.508 e. The fourth-order valence-corrected chi connectivity index (χ4v) is 7.91. The van der Waals surface area contributed by atoms with Crippen molar-refractivity contribution >= 4 is 0 Å². The Kier molecular flexibility index (Phi) is 7.96. The second kappa shape index (κ2) is 12.7. The minimum atomic E-state index is -0.745. The number of aromatic hydroxyl groups is 8. The highest BCUT2D eigenvalue weighted by Gasteiger charge is 2.51. The van der Waals surface area contributed by atoms with Gasteiger partial charge in [0.2, 0.25) is 0 Å². The molecule has 1 fully saturated rings. The van der Waals surface area contributed by atoms with Gasteiger partial charge in [0.25, 0.3) is 0 Å². The summed E-state index contributed by atoms with van der Waals surface area (Å²) >= 11 is 0. The van der Waals surface area contributed by atoms with Crippen molar-refractivity contribution in [3.05, 3.63) is 160 Å². The third kappa shape index (κ3) is 5.88. The zero-order chi connectivity index (χ0) is 36.3. The zero-order valence-electron chi connectivity index (χ0n) is 27.4. The van der Waals surface area contributed by atoms with Crippen LogP contribution in [0.1, 0.15) is 75.0 Å². The van der Waals surface area contributed by atoms with Crippen molar-refractivity contribution in [3.8, 4) is 51.7 Å². The van der Waals surface area contributed by atoms with Gasteiger partial charge in [-0.15, -0.1) is 0 Å². The topological polar surface area (TPSA) is 180 Å². The molecule has 6 atom stereocenters. The molecule has 52 heavy (non-hydrogen) atoms. The van der Waals surface area contributed by atoms with Gasteiger partial charge in [0, 0.05) is 35.6 Å². The summed E-state index contributed by atoms with van der Waals surface area (Å²) < 4.78 is 13.6. The predicted octanol–water partition coefficient (Wildman–Crippen LogP) is 7.98. The van der Waals surface area contributed by atoms with Gasteiger partial charge in [0.15, 0.2) is 0 Å². The van der Waals surface area contributed by atoms with Crippen molar-refractivity contribution < 1.29 is 50.3 Å². The van der Waals surface area contributed by atoms with Gasteiger partial charge in [-0.1, -0.05) is 36.4 Å². The van der Waals surface area contributed by atoms with E-state index < -0.39 is 36.1 Å². The number of phenols is 8. The van der Waals surface area contributed by atoms with Gasteiger partial charge in [0.1, 0.15) is 57.8 Å². The first-order valence-electron chi connectivity index (χ1n) is 16.6. The third-order valence-corrected chi connectivity index (χ3v) is 9.98. The molecule has 6 aromatic carbocycles. The van der Waals surface area contributed by atoms with Crippen molar-refractivity contribution in [3.63, 3.8) is 0 Å². The molecule has 0 spiro atoms. The highest BCUT2D eigenvalue weighted by Crippen LogP contribution is 2.63. The van der Waals surface area contributed by atoms with E-state index in [0.717, 1.165) is 0 Å². The minimum absolute atomic E-state index is 0.0509. The van der Waals surface area contributed by atoms with Crippen molar-refractivity contribution in [2.75, 3.05) is 0 Å². The Morgan fingerprint density at radius 3 is 1.23 bits per heavy atom. The number of ether oxygens (including phenoxy) is 2. The quantitative estimate of drug-likeness (QED) is 0.0850. The maximum atomic E-state index is 11.4. The Morgan fingerprint density at radius 2 is 0.750 bits per heavy atom. The molecule has 6 unspecified atom stereocenters. The van der Waals surface area contributed by atoms with Crippen LogP contribution in [0.2, 0.25) is 0 Å². The van der Waals surface area contributed by atoms with E-state index in [1.54, 1.807) is 91.0 Å². The molecule has 2 heterocycles. The lowest BCUT2D eigenvalue weighted by Gasteiger charge is -2.29. The molecular weight excluding hydrogens is 664 g/mol. The number of hydrogen-bond acceptors (Lipinski definition) is 10. The van der Waals surface area contributed by atoms with E-state index in [1.807, 2.05) is 0 Å². The van der Waals surface area contributed by atoms with Crippen molar-refractivity contribution in [1.29, 1.82) is 0 Å². The van der Waals surface area contributed by atoms with E-state index in [0.29, 0.717) is 44.7 Å². The molecule has 10 nitrogen and oxygen atoms in total. The van der Waals surface area contributed by atoms with Gasteiger partial charge < -0.3 is 50.3 Å². The Labute approximate surface area is 297 Å². The molecule has 10 heteroatoms. The maximum absolute atomic E-state index is 11.4. The van der Waals surface area contributed by atoms with Gasteiger partial charge >= 0.3 is 0 Å². The van der Waals surface area contributed by atoms with Gasteiger partial charge in [0.05, 0.1) is 18.1 Å². The van der Waals surface area contributed by atoms with Gasteiger partial charge in [-0.25, -0.2) is 0 Å². The molecule has 262 valence electrons. The molecule has 8 rings (SSSR count). The summed E-state index contributed by atoms with van der Waals surface area (Å²) in [5.74, 6) is -2.24. The molecule has 2 aliphatic heterocycles. The fraction of sp³-hybridized carbons (Fsp3) is 0.143. The van der Waals surface area contributed by atoms with Crippen molar-refractivity contribution in [2.45, 2.75) is 36.1 Å². The number of hydrogen-bond donors (Lipinski definition) is 8. The summed E-state index contributed by atoms with van der Waals surface area (Å²) in [4.78, 5) is 0. The summed E-state index contributed by atoms with van der Waals surface area (Å²) in [7, 11) is 0. The van der Waals surface area contributed by atoms with Crippen LogP contribution in [0.5, 0.6) is 51.7 Å². The van der Waals surface area contributed by atoms with Crippen LogP contribution in [0.3, 0.4) is 0 Å². The molecule has 0 radical (unpaired) electrons. The first-order valence-corrected chi connectivity index (χ1v) is 16.6. The fourth-order valence-electron chi connectivity index (χ4n) is 7.91. The van der Waals surface area contributed by atoms with Crippen LogP contribution < -0.4 is 4.74 Å². The van der Waals surface area contributed by atoms with Crippen LogP contribution in [-0.2, 0) is 4.74 Å². The van der Waals surface area contributed by atoms with Crippen molar-refractivity contribution in [2.24, 2.45) is 0 Å². The standard InChI is InChI=1S/C42H34O10/c43-26-7-1-21(2-8-26)40-36(24-13-29(46)17-30(47)14-24)38-34(19-33(50)20-35(38)51-40)39-37(25-15-31(48)18-32(49)16-25)41(22-3-9-27(44)10-4-22)52-42(39)23-5-11-28(45)12-6-23/h1-20,36-37,39-50H. The lowest BCUT2D eigenvalue weighted by Crippen LogP contribution is -2.17. The Balaban J connectivity index is 1.41. The summed E-state index contributed by atoms with van der Waals surface area (Å²) in [6, 6.07) is 31.5. The van der Waals surface area contributed by atoms with Gasteiger partial charge in [-0.3, -0.25) is 0 Å². The van der Waals surface area contributed by atoms with Crippen LogP contribution in [0.15, 0.2) is 121 Å². The Hall–Kier alpha value is -6.52. The number of fused-ring (bicyclic) bond motifs is 1. The van der Waals surface area contributed by atoms with E-state index in [-0.39, 0.29) is 46.0 Å². The molecule has 0 aromatic heterocycles. The number of phenolic OH excluding ortho intramolecular Hbond substituents is 8. The SMILES string of the molecule is Oc1ccc(C2Oc3cc(O)cc(C4C(c5ccc(O)cc5)OC(c5ccc(O)cc5)C4c4cc(O)cc(O)c4)c3C2c2cc(O)cc(O)c2)cc1. The van der Waals surface area contributed by atoms with E-state index >= 15 is 0 Å². The van der Waals surface area contributed by atoms with E-state index in [2.05, 4.69) is 0 Å². The third-order valence-electron chi connectivity index (χ3n) is 9.98. The smallest absolute Gasteiger partial charge is 0.135 e. The molecule has 6 aromatic rings. The van der Waals surface area contributed by atoms with E-state index in [9.17, 15) is 40.9 Å². The van der Waals surface area contributed by atoms with Crippen LogP contribution in [0, 0.1) is 0 Å². The summed E-state index contributed by atoms with van der Waals surface area (Å²) in [6.45, 7) is 0. The molecule has 8 N–H and O–H groups in total. The van der Waals surface area contributed by atoms with Gasteiger partial charge in [-0.05, 0) is 100 Å². The Morgan fingerprint density at radius 1 is 0.346 bits per heavy atom. The first-order chi connectivity index (χ1) is 25.0. The molecule has 0 amide bonds. The normalized spacial score (nSPS) is 22.2. The zero-order valence-corrected chi connectivity index (χ0v) is 27.4. The van der Waals surface area contributed by atoms with Gasteiger partial charge in [-0.2, -0.15) is 0 Å². The average molecular weight is 699 g/mol. The monoisotopic (exact) mass is 698 g/mol. The molecule has 1 saturated heterocycles.